The molecule has 0 saturated heterocycles. The van der Waals surface area contributed by atoms with Gasteiger partial charge in [0, 0.05) is 23.0 Å². The second-order valence-corrected chi connectivity index (χ2v) is 6.36. The minimum absolute atomic E-state index is 0.519. The Bertz CT molecular complexity index is 626. The van der Waals surface area contributed by atoms with E-state index < -0.39 is 0 Å². The zero-order valence-corrected chi connectivity index (χ0v) is 13.1. The quantitative estimate of drug-likeness (QED) is 0.902. The molecule has 0 amide bonds. The van der Waals surface area contributed by atoms with E-state index in [1.165, 1.54) is 19.3 Å². The topological polar surface area (TPSA) is 34.1 Å². The second-order valence-electron chi connectivity index (χ2n) is 6.36. The molecule has 3 atom stereocenters. The van der Waals surface area contributed by atoms with Crippen molar-refractivity contribution in [3.05, 3.63) is 30.5 Å². The van der Waals surface area contributed by atoms with Crippen LogP contribution in [0.25, 0.3) is 10.8 Å². The fourth-order valence-corrected chi connectivity index (χ4v) is 3.53. The van der Waals surface area contributed by atoms with Gasteiger partial charge in [0.15, 0.2) is 0 Å². The highest BCUT2D eigenvalue weighted by Crippen LogP contribution is 2.33. The molecule has 112 valence electrons. The molecule has 2 aromatic rings. The summed E-state index contributed by atoms with van der Waals surface area (Å²) < 4.78 is 5.45. The number of nitrogens with zero attached hydrogens (tertiary/aromatic N) is 1. The first-order valence-electron chi connectivity index (χ1n) is 7.87. The Kier molecular flexibility index (Phi) is 4.00. The van der Waals surface area contributed by atoms with E-state index in [4.69, 9.17) is 4.74 Å². The van der Waals surface area contributed by atoms with Gasteiger partial charge in [-0.2, -0.15) is 0 Å². The Morgan fingerprint density at radius 2 is 2.00 bits per heavy atom. The van der Waals surface area contributed by atoms with Crippen molar-refractivity contribution in [3.63, 3.8) is 0 Å². The minimum atomic E-state index is 0.519. The van der Waals surface area contributed by atoms with Gasteiger partial charge in [-0.3, -0.25) is 0 Å². The molecular weight excluding hydrogens is 260 g/mol. The number of pyridine rings is 1. The summed E-state index contributed by atoms with van der Waals surface area (Å²) in [5, 5.41) is 5.94. The first-order chi connectivity index (χ1) is 10.2. The van der Waals surface area contributed by atoms with Crippen molar-refractivity contribution in [2.45, 2.75) is 39.2 Å². The van der Waals surface area contributed by atoms with E-state index in [2.05, 4.69) is 30.2 Å². The maximum atomic E-state index is 5.45. The van der Waals surface area contributed by atoms with E-state index in [1.54, 1.807) is 7.11 Å². The molecule has 1 heterocycles. The van der Waals surface area contributed by atoms with Crippen molar-refractivity contribution < 1.29 is 4.74 Å². The van der Waals surface area contributed by atoms with Crippen LogP contribution in [0.2, 0.25) is 0 Å². The number of methoxy groups -OCH3 is 1. The molecule has 1 aliphatic carbocycles. The van der Waals surface area contributed by atoms with Crippen LogP contribution in [0.5, 0.6) is 5.75 Å². The van der Waals surface area contributed by atoms with E-state index in [-0.39, 0.29) is 0 Å². The van der Waals surface area contributed by atoms with Crippen LogP contribution in [0.1, 0.15) is 33.1 Å². The lowest BCUT2D eigenvalue weighted by Gasteiger charge is -2.33. The molecule has 3 nitrogen and oxygen atoms in total. The number of hydrogen-bond donors (Lipinski definition) is 1. The van der Waals surface area contributed by atoms with Crippen LogP contribution in [-0.2, 0) is 0 Å². The van der Waals surface area contributed by atoms with Crippen molar-refractivity contribution in [1.29, 1.82) is 0 Å². The SMILES string of the molecule is COc1cccc2c(NC3CCC(C)CC3C)nccc12. The molecule has 21 heavy (non-hydrogen) atoms. The van der Waals surface area contributed by atoms with Gasteiger partial charge >= 0.3 is 0 Å². The number of fused-ring (bicyclic) bond motifs is 1. The van der Waals surface area contributed by atoms with Crippen LogP contribution >= 0.6 is 0 Å². The average molecular weight is 284 g/mol. The van der Waals surface area contributed by atoms with Gasteiger partial charge in [-0.05, 0) is 43.2 Å². The van der Waals surface area contributed by atoms with Gasteiger partial charge in [0.25, 0.3) is 0 Å². The first kappa shape index (κ1) is 14.2. The van der Waals surface area contributed by atoms with Gasteiger partial charge in [-0.15, -0.1) is 0 Å². The van der Waals surface area contributed by atoms with Crippen molar-refractivity contribution in [1.82, 2.24) is 4.98 Å². The number of aromatic nitrogens is 1. The minimum Gasteiger partial charge on any atom is -0.496 e. The van der Waals surface area contributed by atoms with Crippen LogP contribution in [0.4, 0.5) is 5.82 Å². The van der Waals surface area contributed by atoms with Crippen molar-refractivity contribution in [2.24, 2.45) is 11.8 Å². The monoisotopic (exact) mass is 284 g/mol. The van der Waals surface area contributed by atoms with Crippen LogP contribution < -0.4 is 10.1 Å². The summed E-state index contributed by atoms with van der Waals surface area (Å²) in [6.45, 7) is 4.70. The Morgan fingerprint density at radius 3 is 2.76 bits per heavy atom. The molecule has 1 aromatic carbocycles. The third kappa shape index (κ3) is 2.82. The van der Waals surface area contributed by atoms with Gasteiger partial charge < -0.3 is 10.1 Å². The van der Waals surface area contributed by atoms with E-state index in [0.717, 1.165) is 28.3 Å². The molecule has 0 aliphatic heterocycles. The number of hydrogen-bond acceptors (Lipinski definition) is 3. The molecule has 3 heteroatoms. The summed E-state index contributed by atoms with van der Waals surface area (Å²) in [4.78, 5) is 4.56. The fourth-order valence-electron chi connectivity index (χ4n) is 3.53. The van der Waals surface area contributed by atoms with Crippen molar-refractivity contribution >= 4 is 16.6 Å². The van der Waals surface area contributed by atoms with Crippen molar-refractivity contribution in [2.75, 3.05) is 12.4 Å². The summed E-state index contributed by atoms with van der Waals surface area (Å²) >= 11 is 0. The molecular formula is C18H24N2O. The van der Waals surface area contributed by atoms with E-state index in [1.807, 2.05) is 24.4 Å². The van der Waals surface area contributed by atoms with Gasteiger partial charge in [0.05, 0.1) is 7.11 Å². The normalized spacial score (nSPS) is 25.8. The fraction of sp³-hybridized carbons (Fsp3) is 0.500. The highest BCUT2D eigenvalue weighted by Gasteiger charge is 2.25. The van der Waals surface area contributed by atoms with Gasteiger partial charge in [-0.25, -0.2) is 4.98 Å². The molecule has 1 aliphatic rings. The number of rotatable bonds is 3. The molecule has 0 bridgehead atoms. The first-order valence-corrected chi connectivity index (χ1v) is 7.87. The highest BCUT2D eigenvalue weighted by atomic mass is 16.5. The highest BCUT2D eigenvalue weighted by molar-refractivity contribution is 5.95. The number of nitrogens with one attached hydrogen (secondary N) is 1. The maximum absolute atomic E-state index is 5.45. The molecule has 1 saturated carbocycles. The average Bonchev–Trinajstić information content (AvgIpc) is 2.49. The predicted octanol–water partition coefficient (Wildman–Crippen LogP) is 4.48. The molecule has 1 aromatic heterocycles. The van der Waals surface area contributed by atoms with Crippen LogP contribution in [0.3, 0.4) is 0 Å². The van der Waals surface area contributed by atoms with Crippen molar-refractivity contribution in [3.8, 4) is 5.75 Å². The summed E-state index contributed by atoms with van der Waals surface area (Å²) in [5.74, 6) is 3.43. The standard InChI is InChI=1S/C18H24N2O/c1-12-7-8-16(13(2)11-12)20-18-15-5-4-6-17(21-3)14(15)9-10-19-18/h4-6,9-10,12-13,16H,7-8,11H2,1-3H3,(H,19,20). The number of anilines is 1. The number of benzene rings is 1. The predicted molar refractivity (Wildman–Crippen MR) is 87.9 cm³/mol. The third-order valence-corrected chi connectivity index (χ3v) is 4.74. The van der Waals surface area contributed by atoms with Crippen LogP contribution in [0.15, 0.2) is 30.5 Å². The van der Waals surface area contributed by atoms with Gasteiger partial charge in [0.2, 0.25) is 0 Å². The van der Waals surface area contributed by atoms with E-state index in [9.17, 15) is 0 Å². The molecule has 3 unspecified atom stereocenters. The Hall–Kier alpha value is -1.77. The molecule has 1 N–H and O–H groups in total. The molecule has 3 rings (SSSR count). The zero-order chi connectivity index (χ0) is 14.8. The Labute approximate surface area is 126 Å². The number of ether oxygens (including phenoxy) is 1. The molecule has 0 radical (unpaired) electrons. The lowest BCUT2D eigenvalue weighted by atomic mass is 9.80. The smallest absolute Gasteiger partial charge is 0.134 e. The maximum Gasteiger partial charge on any atom is 0.134 e. The third-order valence-electron chi connectivity index (χ3n) is 4.74. The van der Waals surface area contributed by atoms with Gasteiger partial charge in [0.1, 0.15) is 11.6 Å². The lowest BCUT2D eigenvalue weighted by molar-refractivity contribution is 0.276. The zero-order valence-electron chi connectivity index (χ0n) is 13.1. The lowest BCUT2D eigenvalue weighted by Crippen LogP contribution is -2.33. The van der Waals surface area contributed by atoms with Gasteiger partial charge in [-0.1, -0.05) is 26.0 Å². The Balaban J connectivity index is 1.91. The van der Waals surface area contributed by atoms with E-state index >= 15 is 0 Å². The van der Waals surface area contributed by atoms with Crippen LogP contribution in [-0.4, -0.2) is 18.1 Å². The summed E-state index contributed by atoms with van der Waals surface area (Å²) in [6, 6.07) is 8.68. The van der Waals surface area contributed by atoms with E-state index in [0.29, 0.717) is 12.0 Å². The summed E-state index contributed by atoms with van der Waals surface area (Å²) in [5.41, 5.74) is 0. The molecule has 0 spiro atoms. The summed E-state index contributed by atoms with van der Waals surface area (Å²) in [7, 11) is 1.72. The molecule has 1 fully saturated rings. The summed E-state index contributed by atoms with van der Waals surface area (Å²) in [6.07, 6.45) is 5.69. The van der Waals surface area contributed by atoms with Crippen LogP contribution in [0, 0.1) is 11.8 Å². The largest absolute Gasteiger partial charge is 0.496 e. The second kappa shape index (κ2) is 5.92. The Morgan fingerprint density at radius 1 is 1.14 bits per heavy atom.